The van der Waals surface area contributed by atoms with Gasteiger partial charge in [0.2, 0.25) is 0 Å². The van der Waals surface area contributed by atoms with Crippen molar-refractivity contribution < 1.29 is 4.74 Å². The van der Waals surface area contributed by atoms with E-state index >= 15 is 0 Å². The summed E-state index contributed by atoms with van der Waals surface area (Å²) < 4.78 is 5.49. The van der Waals surface area contributed by atoms with Crippen molar-refractivity contribution in [3.63, 3.8) is 0 Å². The molecule has 0 aliphatic carbocycles. The molecule has 0 fully saturated rings. The van der Waals surface area contributed by atoms with Crippen molar-refractivity contribution in [3.8, 4) is 5.75 Å². The lowest BCUT2D eigenvalue weighted by atomic mass is 10.00. The molecule has 100 valence electrons. The van der Waals surface area contributed by atoms with Gasteiger partial charge in [0.1, 0.15) is 5.75 Å². The van der Waals surface area contributed by atoms with E-state index in [2.05, 4.69) is 6.07 Å². The van der Waals surface area contributed by atoms with Crippen LogP contribution in [0.5, 0.6) is 5.75 Å². The van der Waals surface area contributed by atoms with Gasteiger partial charge in [0.05, 0.1) is 6.61 Å². The molecular formula is C16H18ClNO. The van der Waals surface area contributed by atoms with Gasteiger partial charge >= 0.3 is 0 Å². The van der Waals surface area contributed by atoms with Crippen LogP contribution in [-0.4, -0.2) is 6.61 Å². The first-order valence-electron chi connectivity index (χ1n) is 6.42. The Kier molecular flexibility index (Phi) is 4.83. The molecule has 2 nitrogen and oxygen atoms in total. The summed E-state index contributed by atoms with van der Waals surface area (Å²) in [6.07, 6.45) is 0.780. The summed E-state index contributed by atoms with van der Waals surface area (Å²) in [5.41, 5.74) is 8.48. The predicted molar refractivity (Wildman–Crippen MR) is 79.7 cm³/mol. The van der Waals surface area contributed by atoms with E-state index in [-0.39, 0.29) is 6.04 Å². The summed E-state index contributed by atoms with van der Waals surface area (Å²) >= 11 is 5.87. The van der Waals surface area contributed by atoms with E-state index in [4.69, 9.17) is 22.1 Å². The fourth-order valence-corrected chi connectivity index (χ4v) is 2.14. The van der Waals surface area contributed by atoms with E-state index in [1.165, 1.54) is 5.56 Å². The van der Waals surface area contributed by atoms with Crippen LogP contribution in [0, 0.1) is 0 Å². The molecule has 0 saturated carbocycles. The molecule has 0 aromatic heterocycles. The first-order chi connectivity index (χ1) is 9.19. The lowest BCUT2D eigenvalue weighted by molar-refractivity contribution is 0.340. The maximum Gasteiger partial charge on any atom is 0.119 e. The van der Waals surface area contributed by atoms with Crippen LogP contribution in [0.4, 0.5) is 0 Å². The molecule has 1 unspecified atom stereocenters. The van der Waals surface area contributed by atoms with Gasteiger partial charge in [-0.25, -0.2) is 0 Å². The molecule has 2 aromatic rings. The number of ether oxygens (including phenoxy) is 1. The van der Waals surface area contributed by atoms with E-state index in [1.807, 2.05) is 49.4 Å². The second kappa shape index (κ2) is 6.60. The highest BCUT2D eigenvalue weighted by atomic mass is 35.5. The van der Waals surface area contributed by atoms with Crippen molar-refractivity contribution in [2.75, 3.05) is 6.61 Å². The second-order valence-corrected chi connectivity index (χ2v) is 4.88. The zero-order valence-corrected chi connectivity index (χ0v) is 11.7. The highest BCUT2D eigenvalue weighted by molar-refractivity contribution is 6.30. The Labute approximate surface area is 119 Å². The molecule has 0 saturated heterocycles. The predicted octanol–water partition coefficient (Wildman–Crippen LogP) is 3.98. The Bertz CT molecular complexity index is 525. The standard InChI is InChI=1S/C16H18ClNO/c1-2-19-15-5-3-4-12(10-15)11-16(18)13-6-8-14(17)9-7-13/h3-10,16H,2,11,18H2,1H3. The fraction of sp³-hybridized carbons (Fsp3) is 0.250. The van der Waals surface area contributed by atoms with Crippen LogP contribution in [-0.2, 0) is 6.42 Å². The Morgan fingerprint density at radius 1 is 1.16 bits per heavy atom. The minimum atomic E-state index is -0.0332. The third-order valence-corrected chi connectivity index (χ3v) is 3.22. The lowest BCUT2D eigenvalue weighted by Crippen LogP contribution is -2.13. The maximum absolute atomic E-state index is 6.22. The van der Waals surface area contributed by atoms with Crippen molar-refractivity contribution in [2.45, 2.75) is 19.4 Å². The average Bonchev–Trinajstić information content (AvgIpc) is 2.40. The number of benzene rings is 2. The van der Waals surface area contributed by atoms with Gasteiger partial charge in [-0.05, 0) is 48.7 Å². The van der Waals surface area contributed by atoms with Gasteiger partial charge in [0.15, 0.2) is 0 Å². The first-order valence-corrected chi connectivity index (χ1v) is 6.79. The minimum Gasteiger partial charge on any atom is -0.494 e. The van der Waals surface area contributed by atoms with Gasteiger partial charge < -0.3 is 10.5 Å². The van der Waals surface area contributed by atoms with Crippen LogP contribution in [0.3, 0.4) is 0 Å². The highest BCUT2D eigenvalue weighted by Gasteiger charge is 2.07. The molecular weight excluding hydrogens is 258 g/mol. The van der Waals surface area contributed by atoms with E-state index in [0.717, 1.165) is 22.8 Å². The zero-order chi connectivity index (χ0) is 13.7. The van der Waals surface area contributed by atoms with Crippen molar-refractivity contribution in [1.82, 2.24) is 0 Å². The lowest BCUT2D eigenvalue weighted by Gasteiger charge is -2.13. The molecule has 2 N–H and O–H groups in total. The van der Waals surface area contributed by atoms with Crippen molar-refractivity contribution in [2.24, 2.45) is 5.73 Å². The monoisotopic (exact) mass is 275 g/mol. The van der Waals surface area contributed by atoms with Crippen LogP contribution < -0.4 is 10.5 Å². The maximum atomic E-state index is 6.22. The quantitative estimate of drug-likeness (QED) is 0.896. The third kappa shape index (κ3) is 3.98. The van der Waals surface area contributed by atoms with Crippen molar-refractivity contribution >= 4 is 11.6 Å². The Morgan fingerprint density at radius 2 is 1.89 bits per heavy atom. The molecule has 2 rings (SSSR count). The van der Waals surface area contributed by atoms with Gasteiger partial charge in [-0.15, -0.1) is 0 Å². The SMILES string of the molecule is CCOc1cccc(CC(N)c2ccc(Cl)cc2)c1. The smallest absolute Gasteiger partial charge is 0.119 e. The van der Waals surface area contributed by atoms with Crippen LogP contribution in [0.1, 0.15) is 24.1 Å². The fourth-order valence-electron chi connectivity index (χ4n) is 2.01. The van der Waals surface area contributed by atoms with E-state index in [1.54, 1.807) is 0 Å². The van der Waals surface area contributed by atoms with E-state index in [0.29, 0.717) is 6.61 Å². The van der Waals surface area contributed by atoms with Gasteiger partial charge in [-0.1, -0.05) is 35.9 Å². The number of hydrogen-bond acceptors (Lipinski definition) is 2. The number of nitrogens with two attached hydrogens (primary N) is 1. The molecule has 2 aromatic carbocycles. The number of halogens is 1. The van der Waals surface area contributed by atoms with Crippen LogP contribution >= 0.6 is 11.6 Å². The molecule has 1 atom stereocenters. The average molecular weight is 276 g/mol. The van der Waals surface area contributed by atoms with Crippen LogP contribution in [0.25, 0.3) is 0 Å². The van der Waals surface area contributed by atoms with Gasteiger partial charge in [-0.2, -0.15) is 0 Å². The summed E-state index contributed by atoms with van der Waals surface area (Å²) in [6.45, 7) is 2.65. The van der Waals surface area contributed by atoms with Crippen molar-refractivity contribution in [1.29, 1.82) is 0 Å². The van der Waals surface area contributed by atoms with Gasteiger partial charge in [0.25, 0.3) is 0 Å². The molecule has 0 radical (unpaired) electrons. The Balaban J connectivity index is 2.07. The Hall–Kier alpha value is -1.51. The minimum absolute atomic E-state index is 0.0332. The summed E-state index contributed by atoms with van der Waals surface area (Å²) in [6, 6.07) is 15.7. The molecule has 19 heavy (non-hydrogen) atoms. The normalized spacial score (nSPS) is 12.2. The van der Waals surface area contributed by atoms with Crippen LogP contribution in [0.2, 0.25) is 5.02 Å². The van der Waals surface area contributed by atoms with E-state index in [9.17, 15) is 0 Å². The molecule has 0 bridgehead atoms. The van der Waals surface area contributed by atoms with Gasteiger partial charge in [-0.3, -0.25) is 0 Å². The number of hydrogen-bond donors (Lipinski definition) is 1. The molecule has 0 heterocycles. The summed E-state index contributed by atoms with van der Waals surface area (Å²) in [5.74, 6) is 0.892. The van der Waals surface area contributed by atoms with Crippen molar-refractivity contribution in [3.05, 3.63) is 64.7 Å². The second-order valence-electron chi connectivity index (χ2n) is 4.44. The molecule has 0 aliphatic rings. The third-order valence-electron chi connectivity index (χ3n) is 2.96. The summed E-state index contributed by atoms with van der Waals surface area (Å²) in [5, 5.41) is 0.731. The van der Waals surface area contributed by atoms with E-state index < -0.39 is 0 Å². The highest BCUT2D eigenvalue weighted by Crippen LogP contribution is 2.21. The molecule has 0 aliphatic heterocycles. The van der Waals surface area contributed by atoms with Crippen LogP contribution in [0.15, 0.2) is 48.5 Å². The summed E-state index contributed by atoms with van der Waals surface area (Å²) in [4.78, 5) is 0. The summed E-state index contributed by atoms with van der Waals surface area (Å²) in [7, 11) is 0. The first kappa shape index (κ1) is 13.9. The topological polar surface area (TPSA) is 35.2 Å². The largest absolute Gasteiger partial charge is 0.494 e. The Morgan fingerprint density at radius 3 is 2.58 bits per heavy atom. The number of rotatable bonds is 5. The molecule has 0 spiro atoms. The van der Waals surface area contributed by atoms with Gasteiger partial charge in [0, 0.05) is 11.1 Å². The molecule has 3 heteroatoms. The zero-order valence-electron chi connectivity index (χ0n) is 11.0. The molecule has 0 amide bonds.